The molecule has 2 rings (SSSR count). The third kappa shape index (κ3) is 2.98. The molecular weight excluding hydrogens is 267 g/mol. The third-order valence-corrected chi connectivity index (χ3v) is 3.52. The van der Waals surface area contributed by atoms with Crippen molar-refractivity contribution < 1.29 is 4.74 Å². The molecule has 0 aliphatic heterocycles. The van der Waals surface area contributed by atoms with Gasteiger partial charge in [-0.05, 0) is 47.9 Å². The third-order valence-electron chi connectivity index (χ3n) is 2.87. The maximum Gasteiger partial charge on any atom is 0.122 e. The first kappa shape index (κ1) is 13.3. The van der Waals surface area contributed by atoms with E-state index >= 15 is 0 Å². The number of hydrogen-bond acceptors (Lipinski definition) is 1. The van der Waals surface area contributed by atoms with Crippen molar-refractivity contribution in [3.05, 3.63) is 63.1 Å². The molecule has 0 unspecified atom stereocenters. The number of halogens is 2. The van der Waals surface area contributed by atoms with Gasteiger partial charge in [0.1, 0.15) is 5.75 Å². The first-order valence-corrected chi connectivity index (χ1v) is 6.43. The van der Waals surface area contributed by atoms with Crippen LogP contribution in [0, 0.1) is 6.92 Å². The minimum absolute atomic E-state index is 0.712. The van der Waals surface area contributed by atoms with Crippen LogP contribution in [0.2, 0.25) is 10.0 Å². The summed E-state index contributed by atoms with van der Waals surface area (Å²) in [5.74, 6) is 0.844. The van der Waals surface area contributed by atoms with Crippen LogP contribution in [0.5, 0.6) is 5.75 Å². The van der Waals surface area contributed by atoms with Gasteiger partial charge in [0.15, 0.2) is 0 Å². The average Bonchev–Trinajstić information content (AvgIpc) is 2.34. The van der Waals surface area contributed by atoms with Crippen LogP contribution in [-0.2, 0) is 6.42 Å². The second kappa shape index (κ2) is 5.64. The number of rotatable bonds is 3. The van der Waals surface area contributed by atoms with Crippen LogP contribution in [0.3, 0.4) is 0 Å². The Balaban J connectivity index is 2.33. The molecule has 1 nitrogen and oxygen atoms in total. The minimum atomic E-state index is 0.712. The van der Waals surface area contributed by atoms with Gasteiger partial charge in [-0.1, -0.05) is 35.3 Å². The van der Waals surface area contributed by atoms with E-state index in [-0.39, 0.29) is 0 Å². The molecule has 0 spiro atoms. The van der Waals surface area contributed by atoms with Crippen LogP contribution in [0.4, 0.5) is 0 Å². The van der Waals surface area contributed by atoms with Crippen molar-refractivity contribution in [1.29, 1.82) is 0 Å². The van der Waals surface area contributed by atoms with E-state index in [4.69, 9.17) is 27.9 Å². The molecular formula is C15H14Cl2O. The van der Waals surface area contributed by atoms with Gasteiger partial charge >= 0.3 is 0 Å². The lowest BCUT2D eigenvalue weighted by Gasteiger charge is -2.10. The fraction of sp³-hybridized carbons (Fsp3) is 0.200. The Morgan fingerprint density at radius 1 is 1.06 bits per heavy atom. The van der Waals surface area contributed by atoms with Crippen LogP contribution in [-0.4, -0.2) is 7.11 Å². The van der Waals surface area contributed by atoms with Gasteiger partial charge in [0.25, 0.3) is 0 Å². The zero-order valence-corrected chi connectivity index (χ0v) is 11.8. The van der Waals surface area contributed by atoms with Gasteiger partial charge < -0.3 is 4.74 Å². The Morgan fingerprint density at radius 3 is 2.50 bits per heavy atom. The topological polar surface area (TPSA) is 9.23 Å². The molecule has 2 aromatic carbocycles. The summed E-state index contributed by atoms with van der Waals surface area (Å²) >= 11 is 12.1. The van der Waals surface area contributed by atoms with Crippen molar-refractivity contribution in [1.82, 2.24) is 0 Å². The number of benzene rings is 2. The standard InChI is InChI=1S/C15H14Cl2O/c1-10-3-4-11(8-14(10)17)7-12-9-13(16)5-6-15(12)18-2/h3-6,8-9H,7H2,1-2H3. The lowest BCUT2D eigenvalue weighted by atomic mass is 10.0. The minimum Gasteiger partial charge on any atom is -0.496 e. The highest BCUT2D eigenvalue weighted by Gasteiger charge is 2.06. The largest absolute Gasteiger partial charge is 0.496 e. The monoisotopic (exact) mass is 280 g/mol. The van der Waals surface area contributed by atoms with Gasteiger partial charge in [-0.15, -0.1) is 0 Å². The summed E-state index contributed by atoms with van der Waals surface area (Å²) in [7, 11) is 1.66. The van der Waals surface area contributed by atoms with Crippen molar-refractivity contribution in [3.63, 3.8) is 0 Å². The van der Waals surface area contributed by atoms with Gasteiger partial charge in [-0.25, -0.2) is 0 Å². The van der Waals surface area contributed by atoms with Gasteiger partial charge in [0.2, 0.25) is 0 Å². The van der Waals surface area contributed by atoms with E-state index in [1.54, 1.807) is 7.11 Å². The first-order chi connectivity index (χ1) is 8.60. The van der Waals surface area contributed by atoms with E-state index in [0.717, 1.165) is 33.9 Å². The van der Waals surface area contributed by atoms with Crippen LogP contribution in [0.15, 0.2) is 36.4 Å². The average molecular weight is 281 g/mol. The van der Waals surface area contributed by atoms with E-state index in [2.05, 4.69) is 6.07 Å². The van der Waals surface area contributed by atoms with Crippen LogP contribution in [0.1, 0.15) is 16.7 Å². The molecule has 0 saturated heterocycles. The first-order valence-electron chi connectivity index (χ1n) is 5.67. The molecule has 94 valence electrons. The normalized spacial score (nSPS) is 10.4. The van der Waals surface area contributed by atoms with Crippen molar-refractivity contribution in [2.75, 3.05) is 7.11 Å². The summed E-state index contributed by atoms with van der Waals surface area (Å²) in [6.45, 7) is 1.99. The maximum atomic E-state index is 6.13. The molecule has 2 aromatic rings. The van der Waals surface area contributed by atoms with Crippen LogP contribution >= 0.6 is 23.2 Å². The summed E-state index contributed by atoms with van der Waals surface area (Å²) in [4.78, 5) is 0. The lowest BCUT2D eigenvalue weighted by molar-refractivity contribution is 0.410. The molecule has 0 N–H and O–H groups in total. The molecule has 0 saturated carbocycles. The summed E-state index contributed by atoms with van der Waals surface area (Å²) in [6.07, 6.45) is 0.754. The lowest BCUT2D eigenvalue weighted by Crippen LogP contribution is -1.94. The molecule has 0 bridgehead atoms. The number of hydrogen-bond donors (Lipinski definition) is 0. The zero-order valence-electron chi connectivity index (χ0n) is 10.3. The molecule has 0 atom stereocenters. The van der Waals surface area contributed by atoms with Crippen molar-refractivity contribution in [2.24, 2.45) is 0 Å². The highest BCUT2D eigenvalue weighted by molar-refractivity contribution is 6.31. The summed E-state index contributed by atoms with van der Waals surface area (Å²) in [5.41, 5.74) is 3.29. The van der Waals surface area contributed by atoms with Gasteiger partial charge in [0, 0.05) is 16.5 Å². The van der Waals surface area contributed by atoms with E-state index in [9.17, 15) is 0 Å². The van der Waals surface area contributed by atoms with E-state index in [0.29, 0.717) is 5.02 Å². The Hall–Kier alpha value is -1.18. The number of ether oxygens (including phenoxy) is 1. The van der Waals surface area contributed by atoms with Crippen molar-refractivity contribution >= 4 is 23.2 Å². The van der Waals surface area contributed by atoms with Crippen LogP contribution < -0.4 is 4.74 Å². The smallest absolute Gasteiger partial charge is 0.122 e. The van der Waals surface area contributed by atoms with Gasteiger partial charge in [-0.2, -0.15) is 0 Å². The SMILES string of the molecule is COc1ccc(Cl)cc1Cc1ccc(C)c(Cl)c1. The Morgan fingerprint density at radius 2 is 1.83 bits per heavy atom. The quantitative estimate of drug-likeness (QED) is 0.777. The van der Waals surface area contributed by atoms with Gasteiger partial charge in [0.05, 0.1) is 7.11 Å². The van der Waals surface area contributed by atoms with E-state index < -0.39 is 0 Å². The second-order valence-electron chi connectivity index (χ2n) is 4.22. The number of methoxy groups -OCH3 is 1. The molecule has 0 aliphatic rings. The van der Waals surface area contributed by atoms with Crippen molar-refractivity contribution in [2.45, 2.75) is 13.3 Å². The molecule has 0 fully saturated rings. The molecule has 0 radical (unpaired) electrons. The van der Waals surface area contributed by atoms with Crippen LogP contribution in [0.25, 0.3) is 0 Å². The van der Waals surface area contributed by atoms with Gasteiger partial charge in [-0.3, -0.25) is 0 Å². The molecule has 0 amide bonds. The Labute approximate surface area is 117 Å². The predicted molar refractivity (Wildman–Crippen MR) is 77.0 cm³/mol. The number of aryl methyl sites for hydroxylation is 1. The second-order valence-corrected chi connectivity index (χ2v) is 5.06. The Kier molecular flexibility index (Phi) is 4.15. The van der Waals surface area contributed by atoms with E-state index in [1.165, 1.54) is 0 Å². The Bertz CT molecular complexity index is 564. The molecule has 3 heteroatoms. The summed E-state index contributed by atoms with van der Waals surface area (Å²) in [5, 5.41) is 1.50. The van der Waals surface area contributed by atoms with Crippen molar-refractivity contribution in [3.8, 4) is 5.75 Å². The highest BCUT2D eigenvalue weighted by Crippen LogP contribution is 2.26. The molecule has 0 heterocycles. The predicted octanol–water partition coefficient (Wildman–Crippen LogP) is 4.90. The molecule has 18 heavy (non-hydrogen) atoms. The zero-order chi connectivity index (χ0) is 13.1. The summed E-state index contributed by atoms with van der Waals surface area (Å²) in [6, 6.07) is 11.7. The fourth-order valence-electron chi connectivity index (χ4n) is 1.85. The molecule has 0 aliphatic carbocycles. The van der Waals surface area contributed by atoms with E-state index in [1.807, 2.05) is 37.3 Å². The fourth-order valence-corrected chi connectivity index (χ4v) is 2.25. The maximum absolute atomic E-state index is 6.13. The highest BCUT2D eigenvalue weighted by atomic mass is 35.5. The molecule has 0 aromatic heterocycles. The summed E-state index contributed by atoms with van der Waals surface area (Å²) < 4.78 is 5.33.